The molecule has 0 bridgehead atoms. The highest BCUT2D eigenvalue weighted by Gasteiger charge is 2.59. The molecule has 4 aliphatic rings. The van der Waals surface area contributed by atoms with Gasteiger partial charge in [0.05, 0.1) is 13.0 Å². The van der Waals surface area contributed by atoms with Crippen LogP contribution in [0.1, 0.15) is 56.1 Å². The molecule has 4 heteroatoms. The average molecular weight is 353 g/mol. The van der Waals surface area contributed by atoms with Gasteiger partial charge in [-0.2, -0.15) is 0 Å². The van der Waals surface area contributed by atoms with E-state index >= 15 is 0 Å². The zero-order chi connectivity index (χ0) is 18.1. The lowest BCUT2D eigenvalue weighted by Gasteiger charge is -2.43. The summed E-state index contributed by atoms with van der Waals surface area (Å²) in [5.41, 5.74) is 2.83. The maximum atomic E-state index is 12.8. The summed E-state index contributed by atoms with van der Waals surface area (Å²) >= 11 is 0. The van der Waals surface area contributed by atoms with E-state index in [9.17, 15) is 9.59 Å². The number of likely N-dealkylation sites (tertiary alicyclic amines) is 1. The minimum absolute atomic E-state index is 0.0131. The fraction of sp³-hybridized carbons (Fsp3) is 0.636. The van der Waals surface area contributed by atoms with E-state index in [0.717, 1.165) is 25.9 Å². The monoisotopic (exact) mass is 353 g/mol. The second kappa shape index (κ2) is 5.58. The van der Waals surface area contributed by atoms with Gasteiger partial charge >= 0.3 is 5.97 Å². The largest absolute Gasteiger partial charge is 0.465 e. The summed E-state index contributed by atoms with van der Waals surface area (Å²) in [4.78, 5) is 26.2. The van der Waals surface area contributed by atoms with Gasteiger partial charge in [0.25, 0.3) is 0 Å². The maximum Gasteiger partial charge on any atom is 0.306 e. The first-order chi connectivity index (χ1) is 12.5. The summed E-state index contributed by atoms with van der Waals surface area (Å²) in [5, 5.41) is 0. The number of hydrogen-bond acceptors (Lipinski definition) is 3. The topological polar surface area (TPSA) is 46.6 Å². The molecule has 2 aliphatic heterocycles. The fourth-order valence-electron chi connectivity index (χ4n) is 5.63. The third-order valence-corrected chi connectivity index (χ3v) is 7.26. The van der Waals surface area contributed by atoms with Crippen molar-refractivity contribution in [1.29, 1.82) is 0 Å². The standard InChI is InChI=1S/C22H27NO3/c1-13(2)14-3-5-15(6-4-14)20-17-10-23(11-18(17)20)21(25)16-7-22(8-16)9-19(24)26-12-22/h3-6,13,16-18,20H,7-12H2,1-2H3/t16?,17-,18+,20?,22?. The molecule has 1 unspecified atom stereocenters. The minimum atomic E-state index is -0.0929. The Balaban J connectivity index is 1.16. The van der Waals surface area contributed by atoms with E-state index in [4.69, 9.17) is 4.74 Å². The predicted molar refractivity (Wildman–Crippen MR) is 97.6 cm³/mol. The van der Waals surface area contributed by atoms with Crippen LogP contribution in [-0.4, -0.2) is 36.5 Å². The number of fused-ring (bicyclic) bond motifs is 1. The molecule has 26 heavy (non-hydrogen) atoms. The molecular weight excluding hydrogens is 326 g/mol. The van der Waals surface area contributed by atoms with E-state index < -0.39 is 0 Å². The van der Waals surface area contributed by atoms with Crippen LogP contribution >= 0.6 is 0 Å². The Morgan fingerprint density at radius 3 is 2.35 bits per heavy atom. The second-order valence-corrected chi connectivity index (χ2v) is 9.36. The van der Waals surface area contributed by atoms with Crippen LogP contribution in [0.25, 0.3) is 0 Å². The number of nitrogens with zero attached hydrogens (tertiary/aromatic N) is 1. The first-order valence-corrected chi connectivity index (χ1v) is 10.00. The van der Waals surface area contributed by atoms with Gasteiger partial charge in [0.1, 0.15) is 0 Å². The van der Waals surface area contributed by atoms with Crippen molar-refractivity contribution < 1.29 is 14.3 Å². The molecule has 1 aromatic rings. The van der Waals surface area contributed by atoms with Gasteiger partial charge in [-0.3, -0.25) is 9.59 Å². The van der Waals surface area contributed by atoms with Crippen molar-refractivity contribution in [3.05, 3.63) is 35.4 Å². The lowest BCUT2D eigenvalue weighted by Crippen LogP contribution is -2.47. The first-order valence-electron chi connectivity index (χ1n) is 10.00. The molecular formula is C22H27NO3. The number of rotatable bonds is 3. The number of carbonyl (C=O) groups is 2. The SMILES string of the molecule is CC(C)c1ccc(C2[C@H]3CN(C(=O)C4CC5(COC(=O)C5)C4)C[C@@H]23)cc1. The highest BCUT2D eigenvalue weighted by molar-refractivity contribution is 5.82. The smallest absolute Gasteiger partial charge is 0.306 e. The van der Waals surface area contributed by atoms with E-state index in [2.05, 4.69) is 43.0 Å². The molecule has 1 aromatic carbocycles. The lowest BCUT2D eigenvalue weighted by molar-refractivity contribution is -0.143. The van der Waals surface area contributed by atoms with Crippen LogP contribution in [0.3, 0.4) is 0 Å². The summed E-state index contributed by atoms with van der Waals surface area (Å²) < 4.78 is 5.11. The quantitative estimate of drug-likeness (QED) is 0.783. The summed E-state index contributed by atoms with van der Waals surface area (Å²) in [7, 11) is 0. The normalized spacial score (nSPS) is 37.7. The van der Waals surface area contributed by atoms with Crippen LogP contribution in [0.4, 0.5) is 0 Å². The van der Waals surface area contributed by atoms with Crippen LogP contribution in [0.5, 0.6) is 0 Å². The number of ether oxygens (including phenoxy) is 1. The van der Waals surface area contributed by atoms with Crippen LogP contribution < -0.4 is 0 Å². The van der Waals surface area contributed by atoms with Crippen molar-refractivity contribution in [2.24, 2.45) is 23.2 Å². The highest BCUT2D eigenvalue weighted by Crippen LogP contribution is 2.59. The minimum Gasteiger partial charge on any atom is -0.465 e. The molecule has 138 valence electrons. The molecule has 2 aliphatic carbocycles. The van der Waals surface area contributed by atoms with E-state index in [1.54, 1.807) is 0 Å². The fourth-order valence-corrected chi connectivity index (χ4v) is 5.63. The number of amides is 1. The summed E-state index contributed by atoms with van der Waals surface area (Å²) in [6.45, 7) is 6.80. The van der Waals surface area contributed by atoms with E-state index in [-0.39, 0.29) is 17.3 Å². The maximum absolute atomic E-state index is 12.8. The van der Waals surface area contributed by atoms with Gasteiger partial charge in [0.2, 0.25) is 5.91 Å². The molecule has 5 rings (SSSR count). The Hall–Kier alpha value is -1.84. The average Bonchev–Trinajstić information content (AvgIpc) is 2.94. The molecule has 1 amide bonds. The summed E-state index contributed by atoms with van der Waals surface area (Å²) in [6, 6.07) is 9.10. The Labute approximate surface area is 154 Å². The number of benzene rings is 1. The second-order valence-electron chi connectivity index (χ2n) is 9.36. The number of piperidine rings is 1. The van der Waals surface area contributed by atoms with Crippen LogP contribution in [0.15, 0.2) is 24.3 Å². The van der Waals surface area contributed by atoms with Gasteiger partial charge in [0.15, 0.2) is 0 Å². The molecule has 0 N–H and O–H groups in total. The molecule has 3 atom stereocenters. The summed E-state index contributed by atoms with van der Waals surface area (Å²) in [6.07, 6.45) is 2.18. The summed E-state index contributed by atoms with van der Waals surface area (Å²) in [5.74, 6) is 2.85. The Morgan fingerprint density at radius 1 is 1.15 bits per heavy atom. The molecule has 2 heterocycles. The van der Waals surface area contributed by atoms with Gasteiger partial charge in [-0.1, -0.05) is 38.1 Å². The Bertz CT molecular complexity index is 735. The molecule has 2 saturated carbocycles. The molecule has 0 radical (unpaired) electrons. The van der Waals surface area contributed by atoms with E-state index in [0.29, 0.717) is 42.6 Å². The van der Waals surface area contributed by atoms with Gasteiger partial charge < -0.3 is 9.64 Å². The van der Waals surface area contributed by atoms with E-state index in [1.807, 2.05) is 0 Å². The van der Waals surface area contributed by atoms with Crippen molar-refractivity contribution in [2.75, 3.05) is 19.7 Å². The Kier molecular flexibility index (Phi) is 3.51. The number of carbonyl (C=O) groups excluding carboxylic acids is 2. The predicted octanol–water partition coefficient (Wildman–Crippen LogP) is 3.33. The molecule has 1 spiro atoms. The number of cyclic esters (lactones) is 1. The van der Waals surface area contributed by atoms with Crippen LogP contribution in [0, 0.1) is 23.2 Å². The Morgan fingerprint density at radius 2 is 1.81 bits per heavy atom. The lowest BCUT2D eigenvalue weighted by atomic mass is 9.61. The van der Waals surface area contributed by atoms with Gasteiger partial charge in [-0.15, -0.1) is 0 Å². The van der Waals surface area contributed by atoms with Gasteiger partial charge in [0, 0.05) is 24.4 Å². The van der Waals surface area contributed by atoms with Gasteiger partial charge in [-0.05, 0) is 47.6 Å². The number of hydrogen-bond donors (Lipinski definition) is 0. The number of esters is 1. The zero-order valence-electron chi connectivity index (χ0n) is 15.6. The molecule has 4 fully saturated rings. The first kappa shape index (κ1) is 16.3. The van der Waals surface area contributed by atoms with Gasteiger partial charge in [-0.25, -0.2) is 0 Å². The third kappa shape index (κ3) is 2.49. The van der Waals surface area contributed by atoms with Crippen molar-refractivity contribution in [1.82, 2.24) is 4.90 Å². The molecule has 2 saturated heterocycles. The van der Waals surface area contributed by atoms with Crippen LogP contribution in [-0.2, 0) is 14.3 Å². The van der Waals surface area contributed by atoms with Crippen molar-refractivity contribution >= 4 is 11.9 Å². The van der Waals surface area contributed by atoms with Crippen molar-refractivity contribution in [3.63, 3.8) is 0 Å². The van der Waals surface area contributed by atoms with Crippen molar-refractivity contribution in [2.45, 2.75) is 44.9 Å². The third-order valence-electron chi connectivity index (χ3n) is 7.26. The van der Waals surface area contributed by atoms with Crippen molar-refractivity contribution in [3.8, 4) is 0 Å². The highest BCUT2D eigenvalue weighted by atomic mass is 16.5. The molecule has 4 nitrogen and oxygen atoms in total. The zero-order valence-corrected chi connectivity index (χ0v) is 15.6. The van der Waals surface area contributed by atoms with E-state index in [1.165, 1.54) is 11.1 Å². The molecule has 0 aromatic heterocycles. The van der Waals surface area contributed by atoms with Crippen LogP contribution in [0.2, 0.25) is 0 Å².